The van der Waals surface area contributed by atoms with E-state index in [4.69, 9.17) is 9.84 Å². The van der Waals surface area contributed by atoms with E-state index < -0.39 is 5.54 Å². The lowest BCUT2D eigenvalue weighted by molar-refractivity contribution is -0.126. The number of nitrogens with zero attached hydrogens (tertiary/aromatic N) is 1. The minimum atomic E-state index is -0.520. The molecule has 130 valence electrons. The molecule has 1 saturated heterocycles. The highest BCUT2D eigenvalue weighted by molar-refractivity contribution is 5.99. The Morgan fingerprint density at radius 3 is 2.75 bits per heavy atom. The molecule has 1 aromatic rings. The van der Waals surface area contributed by atoms with Crippen molar-refractivity contribution in [2.24, 2.45) is 0 Å². The van der Waals surface area contributed by atoms with E-state index in [2.05, 4.69) is 5.32 Å². The van der Waals surface area contributed by atoms with Crippen LogP contribution >= 0.6 is 0 Å². The molecule has 6 heteroatoms. The maximum absolute atomic E-state index is 12.9. The lowest BCUT2D eigenvalue weighted by Crippen LogP contribution is -2.55. The number of carbonyl (C=O) groups excluding carboxylic acids is 2. The van der Waals surface area contributed by atoms with Crippen molar-refractivity contribution >= 4 is 11.8 Å². The third kappa shape index (κ3) is 3.16. The average molecular weight is 332 g/mol. The molecule has 0 radical (unpaired) electrons. The van der Waals surface area contributed by atoms with Crippen LogP contribution in [0.4, 0.5) is 0 Å². The molecule has 0 aliphatic carbocycles. The summed E-state index contributed by atoms with van der Waals surface area (Å²) >= 11 is 0. The van der Waals surface area contributed by atoms with Gasteiger partial charge in [0.1, 0.15) is 0 Å². The molecule has 6 nitrogen and oxygen atoms in total. The lowest BCUT2D eigenvalue weighted by Gasteiger charge is -2.44. The van der Waals surface area contributed by atoms with Crippen LogP contribution in [0.15, 0.2) is 24.3 Å². The van der Waals surface area contributed by atoms with Gasteiger partial charge >= 0.3 is 0 Å². The van der Waals surface area contributed by atoms with Crippen LogP contribution in [0.1, 0.15) is 42.1 Å². The van der Waals surface area contributed by atoms with Crippen LogP contribution in [-0.2, 0) is 16.1 Å². The summed E-state index contributed by atoms with van der Waals surface area (Å²) in [4.78, 5) is 27.1. The van der Waals surface area contributed by atoms with Gasteiger partial charge in [-0.3, -0.25) is 9.59 Å². The van der Waals surface area contributed by atoms with Gasteiger partial charge in [0.15, 0.2) is 0 Å². The van der Waals surface area contributed by atoms with Gasteiger partial charge in [-0.15, -0.1) is 0 Å². The average Bonchev–Trinajstić information content (AvgIpc) is 2.93. The predicted molar refractivity (Wildman–Crippen MR) is 88.4 cm³/mol. The van der Waals surface area contributed by atoms with E-state index in [9.17, 15) is 9.59 Å². The van der Waals surface area contributed by atoms with E-state index in [1.54, 1.807) is 6.92 Å². The van der Waals surface area contributed by atoms with Gasteiger partial charge in [-0.05, 0) is 31.4 Å². The number of carbonyl (C=O) groups is 2. The van der Waals surface area contributed by atoms with Gasteiger partial charge in [0, 0.05) is 31.4 Å². The highest BCUT2D eigenvalue weighted by Gasteiger charge is 2.46. The zero-order chi connectivity index (χ0) is 17.2. The molecule has 2 amide bonds. The summed E-state index contributed by atoms with van der Waals surface area (Å²) < 4.78 is 5.47. The topological polar surface area (TPSA) is 78.9 Å². The Morgan fingerprint density at radius 2 is 2.08 bits per heavy atom. The second-order valence-corrected chi connectivity index (χ2v) is 6.71. The monoisotopic (exact) mass is 332 g/mol. The molecule has 0 spiro atoms. The van der Waals surface area contributed by atoms with Gasteiger partial charge in [0.25, 0.3) is 5.91 Å². The second kappa shape index (κ2) is 6.91. The van der Waals surface area contributed by atoms with Gasteiger partial charge in [-0.25, -0.2) is 0 Å². The van der Waals surface area contributed by atoms with Crippen molar-refractivity contribution in [2.75, 3.05) is 19.8 Å². The SMILES string of the molecule is C[C@@H](CO)NC(=O)CC1(N2Cc3ccccc3C2=O)CCOCC1. The van der Waals surface area contributed by atoms with Gasteiger partial charge in [-0.2, -0.15) is 0 Å². The number of nitrogens with one attached hydrogen (secondary N) is 1. The number of hydrogen-bond acceptors (Lipinski definition) is 4. The van der Waals surface area contributed by atoms with Crippen LogP contribution in [-0.4, -0.2) is 53.2 Å². The van der Waals surface area contributed by atoms with Crippen molar-refractivity contribution in [3.8, 4) is 0 Å². The van der Waals surface area contributed by atoms with Crippen LogP contribution in [0.2, 0.25) is 0 Å². The van der Waals surface area contributed by atoms with E-state index in [0.717, 1.165) is 11.1 Å². The number of hydrogen-bond donors (Lipinski definition) is 2. The molecule has 24 heavy (non-hydrogen) atoms. The third-order valence-electron chi connectivity index (χ3n) is 4.99. The summed E-state index contributed by atoms with van der Waals surface area (Å²) in [5.41, 5.74) is 1.22. The zero-order valence-corrected chi connectivity index (χ0v) is 14.0. The predicted octanol–water partition coefficient (Wildman–Crippen LogP) is 1.08. The lowest BCUT2D eigenvalue weighted by atomic mass is 9.84. The number of aliphatic hydroxyl groups is 1. The molecular weight excluding hydrogens is 308 g/mol. The quantitative estimate of drug-likeness (QED) is 0.846. The standard InChI is InChI=1S/C18H24N2O4/c1-13(12-21)19-16(22)10-18(6-8-24-9-7-18)20-11-14-4-2-3-5-15(14)17(20)23/h2-5,13,21H,6-12H2,1H3,(H,19,22)/t13-/m0/s1. The smallest absolute Gasteiger partial charge is 0.254 e. The minimum Gasteiger partial charge on any atom is -0.394 e. The first kappa shape index (κ1) is 16.9. The number of fused-ring (bicyclic) bond motifs is 1. The molecular formula is C18H24N2O4. The molecule has 2 aliphatic rings. The number of aliphatic hydroxyl groups excluding tert-OH is 1. The van der Waals surface area contributed by atoms with Crippen molar-refractivity contribution in [2.45, 2.75) is 44.3 Å². The Labute approximate surface area is 141 Å². The molecule has 1 atom stereocenters. The normalized spacial score (nSPS) is 20.6. The summed E-state index contributed by atoms with van der Waals surface area (Å²) in [7, 11) is 0. The summed E-state index contributed by atoms with van der Waals surface area (Å²) in [6, 6.07) is 7.32. The molecule has 2 heterocycles. The first-order valence-corrected chi connectivity index (χ1v) is 8.43. The fourth-order valence-electron chi connectivity index (χ4n) is 3.60. The van der Waals surface area contributed by atoms with E-state index in [0.29, 0.717) is 32.6 Å². The Kier molecular flexibility index (Phi) is 4.87. The molecule has 2 N–H and O–H groups in total. The first-order valence-electron chi connectivity index (χ1n) is 8.43. The highest BCUT2D eigenvalue weighted by Crippen LogP contribution is 2.37. The largest absolute Gasteiger partial charge is 0.394 e. The van der Waals surface area contributed by atoms with Gasteiger partial charge in [0.05, 0.1) is 18.6 Å². The van der Waals surface area contributed by atoms with Crippen LogP contribution < -0.4 is 5.32 Å². The summed E-state index contributed by atoms with van der Waals surface area (Å²) in [5, 5.41) is 11.9. The van der Waals surface area contributed by atoms with Crippen LogP contribution in [0.25, 0.3) is 0 Å². The molecule has 0 aromatic heterocycles. The first-order chi connectivity index (χ1) is 11.6. The number of rotatable bonds is 5. The molecule has 1 aromatic carbocycles. The van der Waals surface area contributed by atoms with Crippen LogP contribution in [0, 0.1) is 0 Å². The van der Waals surface area contributed by atoms with E-state index in [1.165, 1.54) is 0 Å². The Bertz CT molecular complexity index is 625. The molecule has 3 rings (SSSR count). The van der Waals surface area contributed by atoms with Gasteiger partial charge in [-0.1, -0.05) is 18.2 Å². The molecule has 0 unspecified atom stereocenters. The second-order valence-electron chi connectivity index (χ2n) is 6.71. The summed E-state index contributed by atoms with van der Waals surface area (Å²) in [6.07, 6.45) is 1.53. The van der Waals surface area contributed by atoms with Crippen molar-refractivity contribution in [3.63, 3.8) is 0 Å². The maximum atomic E-state index is 12.9. The third-order valence-corrected chi connectivity index (χ3v) is 4.99. The van der Waals surface area contributed by atoms with Crippen molar-refractivity contribution in [1.82, 2.24) is 10.2 Å². The summed E-state index contributed by atoms with van der Waals surface area (Å²) in [6.45, 7) is 3.28. The van der Waals surface area contributed by atoms with E-state index in [-0.39, 0.29) is 30.9 Å². The fraction of sp³-hybridized carbons (Fsp3) is 0.556. The van der Waals surface area contributed by atoms with Gasteiger partial charge < -0.3 is 20.1 Å². The maximum Gasteiger partial charge on any atom is 0.254 e. The van der Waals surface area contributed by atoms with Crippen molar-refractivity contribution < 1.29 is 19.4 Å². The Hall–Kier alpha value is -1.92. The van der Waals surface area contributed by atoms with E-state index >= 15 is 0 Å². The number of benzene rings is 1. The molecule has 1 fully saturated rings. The molecule has 2 aliphatic heterocycles. The number of amides is 2. The zero-order valence-electron chi connectivity index (χ0n) is 14.0. The Balaban J connectivity index is 1.82. The van der Waals surface area contributed by atoms with Crippen LogP contribution in [0.5, 0.6) is 0 Å². The molecule has 0 saturated carbocycles. The number of ether oxygens (including phenoxy) is 1. The minimum absolute atomic E-state index is 0.00416. The van der Waals surface area contributed by atoms with Crippen LogP contribution in [0.3, 0.4) is 0 Å². The molecule has 0 bridgehead atoms. The Morgan fingerprint density at radius 1 is 1.38 bits per heavy atom. The van der Waals surface area contributed by atoms with Crippen molar-refractivity contribution in [3.05, 3.63) is 35.4 Å². The van der Waals surface area contributed by atoms with Gasteiger partial charge in [0.2, 0.25) is 5.91 Å². The highest BCUT2D eigenvalue weighted by atomic mass is 16.5. The van der Waals surface area contributed by atoms with E-state index in [1.807, 2.05) is 29.2 Å². The van der Waals surface area contributed by atoms with Crippen molar-refractivity contribution in [1.29, 1.82) is 0 Å². The fourth-order valence-corrected chi connectivity index (χ4v) is 3.60. The summed E-state index contributed by atoms with van der Waals surface area (Å²) in [5.74, 6) is -0.141.